The van der Waals surface area contributed by atoms with Gasteiger partial charge in [0.2, 0.25) is 15.9 Å². The molecule has 1 amide bonds. The molecule has 3 rings (SSSR count). The monoisotopic (exact) mass is 482 g/mol. The fraction of sp³-hybridized carbons (Fsp3) is 0.250. The minimum Gasteiger partial charge on any atom is -0.326 e. The molecule has 1 aromatic heterocycles. The highest BCUT2D eigenvalue weighted by Gasteiger charge is 2.22. The highest BCUT2D eigenvalue weighted by Crippen LogP contribution is 2.28. The van der Waals surface area contributed by atoms with Crippen LogP contribution in [0.15, 0.2) is 67.0 Å². The van der Waals surface area contributed by atoms with Crippen LogP contribution in [0.3, 0.4) is 0 Å². The number of aryl methyl sites for hydroxylation is 1. The van der Waals surface area contributed by atoms with Crippen LogP contribution in [0.1, 0.15) is 29.5 Å². The van der Waals surface area contributed by atoms with Crippen molar-refractivity contribution in [1.29, 1.82) is 0 Å². The number of aromatic nitrogens is 1. The number of sulfonamides is 1. The van der Waals surface area contributed by atoms with Crippen molar-refractivity contribution >= 4 is 33.0 Å². The molecule has 0 atom stereocenters. The minimum absolute atomic E-state index is 0.0269. The molecule has 34 heavy (non-hydrogen) atoms. The van der Waals surface area contributed by atoms with E-state index >= 15 is 0 Å². The van der Waals surface area contributed by atoms with E-state index in [0.29, 0.717) is 11.3 Å². The van der Waals surface area contributed by atoms with E-state index in [1.54, 1.807) is 19.3 Å². The van der Waals surface area contributed by atoms with Gasteiger partial charge in [-0.1, -0.05) is 18.2 Å². The van der Waals surface area contributed by atoms with Gasteiger partial charge in [-0.25, -0.2) is 8.42 Å². The number of nitro groups is 1. The Labute approximate surface area is 198 Å². The van der Waals surface area contributed by atoms with Gasteiger partial charge in [0, 0.05) is 43.2 Å². The molecule has 0 aliphatic heterocycles. The lowest BCUT2D eigenvalue weighted by molar-refractivity contribution is -0.384. The van der Waals surface area contributed by atoms with E-state index < -0.39 is 14.9 Å². The standard InChI is InChI=1S/C24H26N4O5S/c1-18-5-10-22(28(30)31)17-23(18)27(34(2,32)33)15-3-4-24(29)26-21-8-6-19(7-9-21)16-20-11-13-25-14-12-20/h5-14,17H,3-4,15-16H2,1-2H3,(H,26,29). The molecule has 10 heteroatoms. The maximum Gasteiger partial charge on any atom is 0.271 e. The highest BCUT2D eigenvalue weighted by molar-refractivity contribution is 7.92. The van der Waals surface area contributed by atoms with Crippen molar-refractivity contribution in [2.45, 2.75) is 26.2 Å². The molecule has 0 radical (unpaired) electrons. The number of carbonyl (C=O) groups is 1. The van der Waals surface area contributed by atoms with Crippen molar-refractivity contribution in [3.05, 3.63) is 93.8 Å². The molecule has 1 heterocycles. The molecule has 1 N–H and O–H groups in total. The van der Waals surface area contributed by atoms with E-state index in [1.807, 2.05) is 36.4 Å². The zero-order valence-electron chi connectivity index (χ0n) is 19.0. The van der Waals surface area contributed by atoms with Gasteiger partial charge in [-0.15, -0.1) is 0 Å². The normalized spacial score (nSPS) is 11.1. The van der Waals surface area contributed by atoms with Crippen molar-refractivity contribution in [2.24, 2.45) is 0 Å². The first-order valence-electron chi connectivity index (χ1n) is 10.6. The van der Waals surface area contributed by atoms with Gasteiger partial charge in [-0.2, -0.15) is 0 Å². The van der Waals surface area contributed by atoms with Crippen molar-refractivity contribution in [3.8, 4) is 0 Å². The van der Waals surface area contributed by atoms with Gasteiger partial charge in [0.15, 0.2) is 0 Å². The molecule has 2 aromatic carbocycles. The van der Waals surface area contributed by atoms with E-state index in [2.05, 4.69) is 10.3 Å². The highest BCUT2D eigenvalue weighted by atomic mass is 32.2. The second-order valence-corrected chi connectivity index (χ2v) is 9.85. The predicted molar refractivity (Wildman–Crippen MR) is 131 cm³/mol. The Hall–Kier alpha value is -3.79. The first-order chi connectivity index (χ1) is 16.1. The lowest BCUT2D eigenvalue weighted by Gasteiger charge is -2.24. The number of rotatable bonds is 10. The second kappa shape index (κ2) is 10.9. The van der Waals surface area contributed by atoms with Crippen LogP contribution in [0, 0.1) is 17.0 Å². The van der Waals surface area contributed by atoms with Crippen molar-refractivity contribution in [3.63, 3.8) is 0 Å². The SMILES string of the molecule is Cc1ccc([N+](=O)[O-])cc1N(CCCC(=O)Nc1ccc(Cc2ccncc2)cc1)S(C)(=O)=O. The van der Waals surface area contributed by atoms with E-state index in [1.165, 1.54) is 18.2 Å². The smallest absolute Gasteiger partial charge is 0.271 e. The van der Waals surface area contributed by atoms with E-state index in [-0.39, 0.29) is 36.7 Å². The maximum absolute atomic E-state index is 12.4. The molecule has 0 spiro atoms. The number of benzene rings is 2. The summed E-state index contributed by atoms with van der Waals surface area (Å²) >= 11 is 0. The Morgan fingerprint density at radius 3 is 2.32 bits per heavy atom. The van der Waals surface area contributed by atoms with Gasteiger partial charge >= 0.3 is 0 Å². The summed E-state index contributed by atoms with van der Waals surface area (Å²) in [6, 6.07) is 15.5. The van der Waals surface area contributed by atoms with Crippen molar-refractivity contribution < 1.29 is 18.1 Å². The molecule has 0 bridgehead atoms. The zero-order chi connectivity index (χ0) is 24.7. The molecule has 0 fully saturated rings. The topological polar surface area (TPSA) is 123 Å². The number of hydrogen-bond acceptors (Lipinski definition) is 6. The summed E-state index contributed by atoms with van der Waals surface area (Å²) in [7, 11) is -3.70. The Morgan fingerprint density at radius 2 is 1.71 bits per heavy atom. The van der Waals surface area contributed by atoms with Crippen LogP contribution in [-0.2, 0) is 21.2 Å². The third kappa shape index (κ3) is 6.85. The van der Waals surface area contributed by atoms with Crippen molar-refractivity contribution in [2.75, 3.05) is 22.4 Å². The van der Waals surface area contributed by atoms with Crippen LogP contribution in [0.5, 0.6) is 0 Å². The van der Waals surface area contributed by atoms with Crippen LogP contribution in [0.2, 0.25) is 0 Å². The summed E-state index contributed by atoms with van der Waals surface area (Å²) < 4.78 is 25.8. The summed E-state index contributed by atoms with van der Waals surface area (Å²) in [6.45, 7) is 1.71. The summed E-state index contributed by atoms with van der Waals surface area (Å²) in [5.74, 6) is -0.244. The number of nitrogens with zero attached hydrogens (tertiary/aromatic N) is 3. The number of carbonyl (C=O) groups excluding carboxylic acids is 1. The summed E-state index contributed by atoms with van der Waals surface area (Å²) in [6.07, 6.45) is 5.64. The molecule has 0 aliphatic rings. The second-order valence-electron chi connectivity index (χ2n) is 7.94. The van der Waals surface area contributed by atoms with Crippen LogP contribution in [-0.4, -0.2) is 37.0 Å². The van der Waals surface area contributed by atoms with Gasteiger partial charge in [0.25, 0.3) is 5.69 Å². The number of nitro benzene ring substituents is 1. The average Bonchev–Trinajstić information content (AvgIpc) is 2.78. The Morgan fingerprint density at radius 1 is 1.06 bits per heavy atom. The van der Waals surface area contributed by atoms with Gasteiger partial charge in [-0.3, -0.25) is 24.2 Å². The lowest BCUT2D eigenvalue weighted by atomic mass is 10.1. The van der Waals surface area contributed by atoms with Crippen LogP contribution >= 0.6 is 0 Å². The van der Waals surface area contributed by atoms with E-state index in [0.717, 1.165) is 28.1 Å². The Balaban J connectivity index is 1.58. The number of non-ortho nitro benzene ring substituents is 1. The fourth-order valence-electron chi connectivity index (χ4n) is 3.49. The van der Waals surface area contributed by atoms with Crippen molar-refractivity contribution in [1.82, 2.24) is 4.98 Å². The maximum atomic E-state index is 12.4. The number of hydrogen-bond donors (Lipinski definition) is 1. The first-order valence-corrected chi connectivity index (χ1v) is 12.5. The Bertz CT molecular complexity index is 1260. The van der Waals surface area contributed by atoms with Crippen LogP contribution < -0.4 is 9.62 Å². The Kier molecular flexibility index (Phi) is 7.95. The summed E-state index contributed by atoms with van der Waals surface area (Å²) in [5, 5.41) is 13.9. The van der Waals surface area contributed by atoms with Gasteiger partial charge < -0.3 is 5.32 Å². The third-order valence-electron chi connectivity index (χ3n) is 5.23. The largest absolute Gasteiger partial charge is 0.326 e. The minimum atomic E-state index is -3.70. The number of nitrogens with one attached hydrogen (secondary N) is 1. The molecular formula is C24H26N4O5S. The molecular weight excluding hydrogens is 456 g/mol. The molecule has 0 aliphatic carbocycles. The van der Waals surface area contributed by atoms with E-state index in [4.69, 9.17) is 0 Å². The van der Waals surface area contributed by atoms with Crippen LogP contribution in [0.4, 0.5) is 17.1 Å². The van der Waals surface area contributed by atoms with Gasteiger partial charge in [-0.05, 0) is 60.7 Å². The zero-order valence-corrected chi connectivity index (χ0v) is 19.8. The molecule has 3 aromatic rings. The number of anilines is 2. The number of pyridine rings is 1. The molecule has 0 saturated heterocycles. The number of amides is 1. The quantitative estimate of drug-likeness (QED) is 0.343. The predicted octanol–water partition coefficient (Wildman–Crippen LogP) is 4.07. The van der Waals surface area contributed by atoms with Gasteiger partial charge in [0.05, 0.1) is 16.9 Å². The third-order valence-corrected chi connectivity index (χ3v) is 6.41. The lowest BCUT2D eigenvalue weighted by Crippen LogP contribution is -2.32. The van der Waals surface area contributed by atoms with E-state index in [9.17, 15) is 23.3 Å². The van der Waals surface area contributed by atoms with Gasteiger partial charge in [0.1, 0.15) is 0 Å². The molecule has 0 unspecified atom stereocenters. The summed E-state index contributed by atoms with van der Waals surface area (Å²) in [4.78, 5) is 26.9. The molecule has 0 saturated carbocycles. The average molecular weight is 483 g/mol. The summed E-state index contributed by atoms with van der Waals surface area (Å²) in [5.41, 5.74) is 3.52. The fourth-order valence-corrected chi connectivity index (χ4v) is 4.51. The molecule has 178 valence electrons. The van der Waals surface area contributed by atoms with Crippen LogP contribution in [0.25, 0.3) is 0 Å². The first kappa shape index (κ1) is 24.8. The molecule has 9 nitrogen and oxygen atoms in total.